The topological polar surface area (TPSA) is 55.1 Å². The minimum absolute atomic E-state index is 0.0366. The Balaban J connectivity index is 2.11. The highest BCUT2D eigenvalue weighted by Crippen LogP contribution is 2.19. The summed E-state index contributed by atoms with van der Waals surface area (Å²) in [6, 6.07) is 4.58. The Morgan fingerprint density at radius 3 is 3.06 bits per heavy atom. The number of anilines is 1. The fourth-order valence-electron chi connectivity index (χ4n) is 2.04. The largest absolute Gasteiger partial charge is 0.396 e. The molecule has 1 aromatic rings. The maximum Gasteiger partial charge on any atom is 0.166 e. The van der Waals surface area contributed by atoms with E-state index in [0.29, 0.717) is 12.0 Å². The predicted molar refractivity (Wildman–Crippen MR) is 60.8 cm³/mol. The van der Waals surface area contributed by atoms with E-state index in [-0.39, 0.29) is 17.5 Å². The zero-order valence-electron chi connectivity index (χ0n) is 9.00. The SMILES string of the molecule is Nc1c(F)cccc1C(=O)CC1CCCN1. The van der Waals surface area contributed by atoms with E-state index in [0.717, 1.165) is 19.4 Å². The first kappa shape index (κ1) is 11.1. The summed E-state index contributed by atoms with van der Waals surface area (Å²) in [6.07, 6.45) is 2.49. The summed E-state index contributed by atoms with van der Waals surface area (Å²) in [6.45, 7) is 0.955. The monoisotopic (exact) mass is 222 g/mol. The second-order valence-electron chi connectivity index (χ2n) is 4.12. The van der Waals surface area contributed by atoms with Crippen LogP contribution in [0.3, 0.4) is 0 Å². The third kappa shape index (κ3) is 2.22. The van der Waals surface area contributed by atoms with Gasteiger partial charge in [0.25, 0.3) is 0 Å². The Labute approximate surface area is 93.8 Å². The number of halogens is 1. The Morgan fingerprint density at radius 1 is 1.56 bits per heavy atom. The van der Waals surface area contributed by atoms with Gasteiger partial charge in [0, 0.05) is 18.0 Å². The highest BCUT2D eigenvalue weighted by molar-refractivity contribution is 6.01. The van der Waals surface area contributed by atoms with Gasteiger partial charge in [-0.3, -0.25) is 4.79 Å². The lowest BCUT2D eigenvalue weighted by Crippen LogP contribution is -2.25. The average molecular weight is 222 g/mol. The Bertz CT molecular complexity index is 400. The number of hydrogen-bond donors (Lipinski definition) is 2. The van der Waals surface area contributed by atoms with Gasteiger partial charge in [-0.1, -0.05) is 6.07 Å². The number of hydrogen-bond acceptors (Lipinski definition) is 3. The van der Waals surface area contributed by atoms with Crippen molar-refractivity contribution >= 4 is 11.5 Å². The summed E-state index contributed by atoms with van der Waals surface area (Å²) >= 11 is 0. The quantitative estimate of drug-likeness (QED) is 0.605. The van der Waals surface area contributed by atoms with E-state index in [1.54, 1.807) is 6.07 Å². The van der Waals surface area contributed by atoms with Gasteiger partial charge in [0.2, 0.25) is 0 Å². The van der Waals surface area contributed by atoms with Crippen LogP contribution in [0.2, 0.25) is 0 Å². The number of benzene rings is 1. The fourth-order valence-corrected chi connectivity index (χ4v) is 2.04. The van der Waals surface area contributed by atoms with Crippen molar-refractivity contribution in [2.45, 2.75) is 25.3 Å². The van der Waals surface area contributed by atoms with Crippen molar-refractivity contribution in [2.75, 3.05) is 12.3 Å². The number of carbonyl (C=O) groups is 1. The predicted octanol–water partition coefficient (Wildman–Crippen LogP) is 1.73. The highest BCUT2D eigenvalue weighted by Gasteiger charge is 2.20. The second-order valence-corrected chi connectivity index (χ2v) is 4.12. The van der Waals surface area contributed by atoms with Crippen LogP contribution in [0.25, 0.3) is 0 Å². The molecule has 0 amide bonds. The molecule has 3 N–H and O–H groups in total. The minimum atomic E-state index is -0.523. The number of nitrogens with one attached hydrogen (secondary N) is 1. The summed E-state index contributed by atoms with van der Waals surface area (Å²) in [4.78, 5) is 11.9. The molecule has 2 rings (SSSR count). The molecule has 0 aromatic heterocycles. The van der Waals surface area contributed by atoms with Gasteiger partial charge in [-0.15, -0.1) is 0 Å². The summed E-state index contributed by atoms with van der Waals surface area (Å²) in [5.41, 5.74) is 5.80. The van der Waals surface area contributed by atoms with Gasteiger partial charge in [0.15, 0.2) is 5.78 Å². The van der Waals surface area contributed by atoms with Gasteiger partial charge in [-0.05, 0) is 31.5 Å². The molecule has 3 nitrogen and oxygen atoms in total. The Kier molecular flexibility index (Phi) is 3.19. The molecule has 1 aromatic carbocycles. The molecule has 1 heterocycles. The van der Waals surface area contributed by atoms with Crippen LogP contribution in [-0.4, -0.2) is 18.4 Å². The molecule has 1 saturated heterocycles. The van der Waals surface area contributed by atoms with Gasteiger partial charge in [-0.2, -0.15) is 0 Å². The highest BCUT2D eigenvalue weighted by atomic mass is 19.1. The lowest BCUT2D eigenvalue weighted by molar-refractivity contribution is 0.0972. The van der Waals surface area contributed by atoms with Gasteiger partial charge in [0.05, 0.1) is 5.69 Å². The minimum Gasteiger partial charge on any atom is -0.396 e. The van der Waals surface area contributed by atoms with Crippen LogP contribution in [-0.2, 0) is 0 Å². The Morgan fingerprint density at radius 2 is 2.38 bits per heavy atom. The van der Waals surface area contributed by atoms with Crippen LogP contribution in [0.15, 0.2) is 18.2 Å². The molecule has 1 unspecified atom stereocenters. The Hall–Kier alpha value is -1.42. The molecular weight excluding hydrogens is 207 g/mol. The molecule has 16 heavy (non-hydrogen) atoms. The van der Waals surface area contributed by atoms with Crippen LogP contribution in [0.4, 0.5) is 10.1 Å². The molecule has 1 atom stereocenters. The smallest absolute Gasteiger partial charge is 0.166 e. The van der Waals surface area contributed by atoms with Gasteiger partial charge >= 0.3 is 0 Å². The number of carbonyl (C=O) groups excluding carboxylic acids is 1. The van der Waals surface area contributed by atoms with Gasteiger partial charge in [-0.25, -0.2) is 4.39 Å². The van der Waals surface area contributed by atoms with E-state index in [4.69, 9.17) is 5.73 Å². The third-order valence-corrected chi connectivity index (χ3v) is 2.95. The number of rotatable bonds is 3. The molecule has 0 radical (unpaired) electrons. The van der Waals surface area contributed by atoms with Crippen LogP contribution >= 0.6 is 0 Å². The maximum absolute atomic E-state index is 13.2. The average Bonchev–Trinajstić information content (AvgIpc) is 2.74. The molecular formula is C12H15FN2O. The number of nitrogen functional groups attached to an aromatic ring is 1. The number of nitrogens with two attached hydrogens (primary N) is 1. The van der Waals surface area contributed by atoms with E-state index < -0.39 is 5.82 Å². The zero-order chi connectivity index (χ0) is 11.5. The second kappa shape index (κ2) is 4.61. The summed E-state index contributed by atoms with van der Waals surface area (Å²) in [7, 11) is 0. The molecule has 0 spiro atoms. The normalized spacial score (nSPS) is 19.9. The summed E-state index contributed by atoms with van der Waals surface area (Å²) < 4.78 is 13.2. The van der Waals surface area contributed by atoms with Crippen molar-refractivity contribution in [2.24, 2.45) is 0 Å². The van der Waals surface area contributed by atoms with Crippen LogP contribution in [0.5, 0.6) is 0 Å². The summed E-state index contributed by atoms with van der Waals surface area (Å²) in [5, 5.41) is 3.24. The number of ketones is 1. The first-order valence-corrected chi connectivity index (χ1v) is 5.49. The lowest BCUT2D eigenvalue weighted by atomic mass is 10.0. The van der Waals surface area contributed by atoms with E-state index in [1.807, 2.05) is 0 Å². The standard InChI is InChI=1S/C12H15FN2O/c13-10-5-1-4-9(12(10)14)11(16)7-8-3-2-6-15-8/h1,4-5,8,15H,2-3,6-7,14H2. The molecule has 0 saturated carbocycles. The summed E-state index contributed by atoms with van der Waals surface area (Å²) in [5.74, 6) is -0.610. The molecule has 4 heteroatoms. The van der Waals surface area contributed by atoms with Crippen molar-refractivity contribution in [1.29, 1.82) is 0 Å². The fraction of sp³-hybridized carbons (Fsp3) is 0.417. The number of Topliss-reactive ketones (excluding diaryl/α,β-unsaturated/α-hetero) is 1. The molecule has 0 bridgehead atoms. The molecule has 1 fully saturated rings. The van der Waals surface area contributed by atoms with Gasteiger partial charge < -0.3 is 11.1 Å². The van der Waals surface area contributed by atoms with E-state index in [1.165, 1.54) is 12.1 Å². The van der Waals surface area contributed by atoms with E-state index in [2.05, 4.69) is 5.32 Å². The van der Waals surface area contributed by atoms with Crippen LogP contribution in [0, 0.1) is 5.82 Å². The van der Waals surface area contributed by atoms with Gasteiger partial charge in [0.1, 0.15) is 5.82 Å². The van der Waals surface area contributed by atoms with Crippen molar-refractivity contribution in [3.05, 3.63) is 29.6 Å². The first-order valence-electron chi connectivity index (χ1n) is 5.49. The van der Waals surface area contributed by atoms with Crippen molar-refractivity contribution in [3.63, 3.8) is 0 Å². The van der Waals surface area contributed by atoms with E-state index in [9.17, 15) is 9.18 Å². The molecule has 0 aliphatic carbocycles. The third-order valence-electron chi connectivity index (χ3n) is 2.95. The lowest BCUT2D eigenvalue weighted by Gasteiger charge is -2.10. The molecule has 1 aliphatic heterocycles. The molecule has 1 aliphatic rings. The zero-order valence-corrected chi connectivity index (χ0v) is 9.00. The van der Waals surface area contributed by atoms with E-state index >= 15 is 0 Å². The first-order chi connectivity index (χ1) is 7.68. The van der Waals surface area contributed by atoms with Crippen molar-refractivity contribution < 1.29 is 9.18 Å². The van der Waals surface area contributed by atoms with Crippen LogP contribution < -0.4 is 11.1 Å². The maximum atomic E-state index is 13.2. The molecule has 86 valence electrons. The number of para-hydroxylation sites is 1. The van der Waals surface area contributed by atoms with Crippen molar-refractivity contribution in [1.82, 2.24) is 5.32 Å². The van der Waals surface area contributed by atoms with Crippen molar-refractivity contribution in [3.8, 4) is 0 Å². The van der Waals surface area contributed by atoms with Crippen LogP contribution in [0.1, 0.15) is 29.6 Å².